The summed E-state index contributed by atoms with van der Waals surface area (Å²) >= 11 is 3.56. The minimum absolute atomic E-state index is 0.142. The maximum Gasteiger partial charge on any atom is 0.228 e. The third-order valence-corrected chi connectivity index (χ3v) is 5.36. The lowest BCUT2D eigenvalue weighted by Gasteiger charge is -2.09. The van der Waals surface area contributed by atoms with Crippen LogP contribution in [0.2, 0.25) is 0 Å². The highest BCUT2D eigenvalue weighted by Crippen LogP contribution is 2.28. The minimum Gasteiger partial charge on any atom is -0.496 e. The number of halogens is 2. The summed E-state index contributed by atoms with van der Waals surface area (Å²) in [5.74, 6) is 0.279. The Hall–Kier alpha value is -3.19. The third kappa shape index (κ3) is 4.52. The first-order chi connectivity index (χ1) is 14.5. The Kier molecular flexibility index (Phi) is 5.81. The molecule has 0 radical (unpaired) electrons. The van der Waals surface area contributed by atoms with E-state index in [1.807, 2.05) is 42.6 Å². The fraction of sp³-hybridized carbons (Fsp3) is 0.130. The first-order valence-electron chi connectivity index (χ1n) is 9.35. The van der Waals surface area contributed by atoms with Crippen LogP contribution in [-0.4, -0.2) is 22.8 Å². The van der Waals surface area contributed by atoms with Gasteiger partial charge in [-0.2, -0.15) is 5.10 Å². The fourth-order valence-electron chi connectivity index (χ4n) is 3.29. The van der Waals surface area contributed by atoms with Gasteiger partial charge in [0, 0.05) is 27.3 Å². The number of para-hydroxylation sites is 1. The zero-order valence-electron chi connectivity index (χ0n) is 16.2. The summed E-state index contributed by atoms with van der Waals surface area (Å²) in [5.41, 5.74) is 3.17. The van der Waals surface area contributed by atoms with Gasteiger partial charge in [0.15, 0.2) is 0 Å². The van der Waals surface area contributed by atoms with E-state index in [1.165, 1.54) is 12.1 Å². The Balaban J connectivity index is 1.52. The maximum atomic E-state index is 13.1. The van der Waals surface area contributed by atoms with E-state index in [0.29, 0.717) is 18.0 Å². The molecule has 152 valence electrons. The normalized spacial score (nSPS) is 10.9. The van der Waals surface area contributed by atoms with E-state index in [1.54, 1.807) is 23.9 Å². The number of rotatable bonds is 6. The molecule has 4 rings (SSSR count). The number of nitrogens with one attached hydrogen (secondary N) is 1. The molecule has 0 unspecified atom stereocenters. The average molecular weight is 468 g/mol. The Morgan fingerprint density at radius 3 is 2.70 bits per heavy atom. The molecular formula is C23H19BrFN3O2. The highest BCUT2D eigenvalue weighted by Gasteiger charge is 2.12. The summed E-state index contributed by atoms with van der Waals surface area (Å²) in [5, 5.41) is 8.45. The van der Waals surface area contributed by atoms with Crippen LogP contribution in [-0.2, 0) is 17.8 Å². The summed E-state index contributed by atoms with van der Waals surface area (Å²) in [6.45, 7) is 0.525. The van der Waals surface area contributed by atoms with Crippen molar-refractivity contribution in [1.29, 1.82) is 0 Å². The molecule has 0 fully saturated rings. The highest BCUT2D eigenvalue weighted by atomic mass is 79.9. The Morgan fingerprint density at radius 2 is 1.93 bits per heavy atom. The monoisotopic (exact) mass is 467 g/mol. The molecule has 1 heterocycles. The summed E-state index contributed by atoms with van der Waals surface area (Å²) in [6.07, 6.45) is 2.13. The van der Waals surface area contributed by atoms with Crippen molar-refractivity contribution in [3.63, 3.8) is 0 Å². The number of carbonyl (C=O) groups is 1. The topological polar surface area (TPSA) is 56.1 Å². The number of hydrogen-bond donors (Lipinski definition) is 1. The van der Waals surface area contributed by atoms with Gasteiger partial charge in [0.2, 0.25) is 5.91 Å². The van der Waals surface area contributed by atoms with Gasteiger partial charge in [0.1, 0.15) is 11.6 Å². The molecule has 0 aliphatic heterocycles. The van der Waals surface area contributed by atoms with Crippen molar-refractivity contribution in [3.05, 3.63) is 88.3 Å². The molecule has 0 saturated heterocycles. The van der Waals surface area contributed by atoms with Crippen molar-refractivity contribution in [3.8, 4) is 5.75 Å². The number of hydrogen-bond acceptors (Lipinski definition) is 3. The summed E-state index contributed by atoms with van der Waals surface area (Å²) in [4.78, 5) is 12.5. The van der Waals surface area contributed by atoms with E-state index in [0.717, 1.165) is 26.5 Å². The molecular weight excluding hydrogens is 449 g/mol. The lowest BCUT2D eigenvalue weighted by atomic mass is 10.1. The van der Waals surface area contributed by atoms with Crippen LogP contribution in [0.4, 0.5) is 10.1 Å². The van der Waals surface area contributed by atoms with Gasteiger partial charge in [-0.1, -0.05) is 30.3 Å². The molecule has 1 aromatic heterocycles. The first kappa shape index (κ1) is 20.1. The molecule has 7 heteroatoms. The molecule has 0 aliphatic rings. The Morgan fingerprint density at radius 1 is 1.17 bits per heavy atom. The van der Waals surface area contributed by atoms with Gasteiger partial charge in [0.05, 0.1) is 25.6 Å². The molecule has 30 heavy (non-hydrogen) atoms. The van der Waals surface area contributed by atoms with E-state index in [2.05, 4.69) is 26.3 Å². The largest absolute Gasteiger partial charge is 0.496 e. The SMILES string of the molecule is COc1ccccc1CC(=O)Nc1cc(Br)c2cn(Cc3ccc(F)cc3)nc2c1. The van der Waals surface area contributed by atoms with Crippen molar-refractivity contribution in [2.75, 3.05) is 12.4 Å². The van der Waals surface area contributed by atoms with E-state index in [4.69, 9.17) is 4.74 Å². The van der Waals surface area contributed by atoms with Crippen LogP contribution in [0, 0.1) is 5.82 Å². The second kappa shape index (κ2) is 8.67. The lowest BCUT2D eigenvalue weighted by Crippen LogP contribution is -2.14. The van der Waals surface area contributed by atoms with Crippen LogP contribution in [0.5, 0.6) is 5.75 Å². The molecule has 1 N–H and O–H groups in total. The van der Waals surface area contributed by atoms with Gasteiger partial charge in [-0.05, 0) is 51.8 Å². The molecule has 1 amide bonds. The van der Waals surface area contributed by atoms with Crippen molar-refractivity contribution in [2.45, 2.75) is 13.0 Å². The van der Waals surface area contributed by atoms with Crippen molar-refractivity contribution < 1.29 is 13.9 Å². The predicted octanol–water partition coefficient (Wildman–Crippen LogP) is 5.18. The van der Waals surface area contributed by atoms with E-state index in [-0.39, 0.29) is 18.1 Å². The Bertz CT molecular complexity index is 1210. The lowest BCUT2D eigenvalue weighted by molar-refractivity contribution is -0.115. The second-order valence-electron chi connectivity index (χ2n) is 6.88. The molecule has 4 aromatic rings. The fourth-order valence-corrected chi connectivity index (χ4v) is 3.84. The van der Waals surface area contributed by atoms with Crippen LogP contribution >= 0.6 is 15.9 Å². The number of fused-ring (bicyclic) bond motifs is 1. The smallest absolute Gasteiger partial charge is 0.228 e. The number of nitrogens with zero attached hydrogens (tertiary/aromatic N) is 2. The minimum atomic E-state index is -0.263. The second-order valence-corrected chi connectivity index (χ2v) is 7.74. The zero-order chi connectivity index (χ0) is 21.1. The number of anilines is 1. The van der Waals surface area contributed by atoms with Gasteiger partial charge < -0.3 is 10.1 Å². The zero-order valence-corrected chi connectivity index (χ0v) is 17.8. The van der Waals surface area contributed by atoms with Gasteiger partial charge in [0.25, 0.3) is 0 Å². The van der Waals surface area contributed by atoms with Gasteiger partial charge in [-0.3, -0.25) is 9.48 Å². The molecule has 3 aromatic carbocycles. The van der Waals surface area contributed by atoms with Crippen LogP contribution in [0.3, 0.4) is 0 Å². The molecule has 0 spiro atoms. The number of amides is 1. The molecule has 0 saturated carbocycles. The van der Waals surface area contributed by atoms with Crippen LogP contribution in [0.1, 0.15) is 11.1 Å². The number of aromatic nitrogens is 2. The predicted molar refractivity (Wildman–Crippen MR) is 118 cm³/mol. The quantitative estimate of drug-likeness (QED) is 0.425. The number of carbonyl (C=O) groups excluding carboxylic acids is 1. The average Bonchev–Trinajstić information content (AvgIpc) is 3.13. The van der Waals surface area contributed by atoms with Gasteiger partial charge >= 0.3 is 0 Å². The highest BCUT2D eigenvalue weighted by molar-refractivity contribution is 9.10. The standard InChI is InChI=1S/C23H19BrFN3O2/c1-30-22-5-3-2-4-16(22)10-23(29)26-18-11-20(24)19-14-28(27-21(19)12-18)13-15-6-8-17(25)9-7-15/h2-9,11-12,14H,10,13H2,1H3,(H,26,29). The van der Waals surface area contributed by atoms with E-state index in [9.17, 15) is 9.18 Å². The van der Waals surface area contributed by atoms with Crippen LogP contribution in [0.15, 0.2) is 71.3 Å². The first-order valence-corrected chi connectivity index (χ1v) is 10.1. The third-order valence-electron chi connectivity index (χ3n) is 4.71. The van der Waals surface area contributed by atoms with Gasteiger partial charge in [-0.25, -0.2) is 4.39 Å². The van der Waals surface area contributed by atoms with Crippen molar-refractivity contribution >= 4 is 38.4 Å². The Labute approximate surface area is 181 Å². The molecule has 5 nitrogen and oxygen atoms in total. The van der Waals surface area contributed by atoms with Crippen molar-refractivity contribution in [2.24, 2.45) is 0 Å². The van der Waals surface area contributed by atoms with Gasteiger partial charge in [-0.15, -0.1) is 0 Å². The number of benzene rings is 3. The molecule has 0 atom stereocenters. The van der Waals surface area contributed by atoms with E-state index >= 15 is 0 Å². The summed E-state index contributed by atoms with van der Waals surface area (Å²) in [7, 11) is 1.59. The molecule has 0 aliphatic carbocycles. The number of methoxy groups -OCH3 is 1. The van der Waals surface area contributed by atoms with Crippen molar-refractivity contribution in [1.82, 2.24) is 9.78 Å². The number of ether oxygens (including phenoxy) is 1. The van der Waals surface area contributed by atoms with Crippen LogP contribution in [0.25, 0.3) is 10.9 Å². The summed E-state index contributed by atoms with van der Waals surface area (Å²) < 4.78 is 21.0. The van der Waals surface area contributed by atoms with E-state index < -0.39 is 0 Å². The summed E-state index contributed by atoms with van der Waals surface area (Å²) in [6, 6.07) is 17.5. The molecule has 0 bridgehead atoms. The maximum absolute atomic E-state index is 13.1. The van der Waals surface area contributed by atoms with Crippen LogP contribution < -0.4 is 10.1 Å².